The second kappa shape index (κ2) is 7.06. The Bertz CT molecular complexity index is 778. The van der Waals surface area contributed by atoms with Crippen molar-refractivity contribution in [1.82, 2.24) is 19.6 Å². The maximum atomic E-state index is 12.5. The molecule has 11 nitrogen and oxygen atoms in total. The van der Waals surface area contributed by atoms with E-state index in [0.717, 1.165) is 17.3 Å². The number of fused-ring (bicyclic) bond motifs is 1. The monoisotopic (exact) mass is 384 g/mol. The summed E-state index contributed by atoms with van der Waals surface area (Å²) in [7, 11) is 0. The van der Waals surface area contributed by atoms with Crippen molar-refractivity contribution >= 4 is 51.9 Å². The number of β-lactam (4-membered cyclic amide) rings is 1. The zero-order valence-electron chi connectivity index (χ0n) is 12.5. The van der Waals surface area contributed by atoms with E-state index in [2.05, 4.69) is 24.7 Å². The van der Waals surface area contributed by atoms with Crippen molar-refractivity contribution in [3.8, 4) is 0 Å². The highest BCUT2D eigenvalue weighted by Crippen LogP contribution is 2.33. The molecule has 0 spiro atoms. The number of carbonyl (C=O) groups excluding carboxylic acids is 2. The lowest BCUT2D eigenvalue weighted by molar-refractivity contribution is -0.143. The van der Waals surface area contributed by atoms with Gasteiger partial charge in [0, 0.05) is 23.5 Å². The molecule has 4 N–H and O–H groups in total. The van der Waals surface area contributed by atoms with Crippen LogP contribution in [0.5, 0.6) is 0 Å². The first kappa shape index (κ1) is 17.2. The first-order chi connectivity index (χ1) is 12.0. The smallest absolute Gasteiger partial charge is 0.344 e. The Hall–Kier alpha value is -2.67. The summed E-state index contributed by atoms with van der Waals surface area (Å²) in [6.45, 7) is -0.740. The van der Waals surface area contributed by atoms with Crippen molar-refractivity contribution in [3.05, 3.63) is 18.1 Å². The maximum Gasteiger partial charge on any atom is 0.344 e. The van der Waals surface area contributed by atoms with E-state index in [0.29, 0.717) is 0 Å². The second-order valence-electron chi connectivity index (χ2n) is 4.87. The second-order valence-corrected chi connectivity index (χ2v) is 6.80. The number of thioether (sulfide) groups is 1. The van der Waals surface area contributed by atoms with Crippen LogP contribution in [0.4, 0.5) is 5.13 Å². The van der Waals surface area contributed by atoms with Crippen molar-refractivity contribution in [2.75, 3.05) is 18.1 Å². The minimum absolute atomic E-state index is 0.104. The van der Waals surface area contributed by atoms with E-state index < -0.39 is 24.5 Å². The number of amides is 2. The normalized spacial score (nSPS) is 22.2. The van der Waals surface area contributed by atoms with Gasteiger partial charge < -0.3 is 25.9 Å². The molecule has 1 saturated heterocycles. The summed E-state index contributed by atoms with van der Waals surface area (Å²) in [6.07, 6.45) is 3.53. The zero-order chi connectivity index (χ0) is 18.0. The first-order valence-corrected chi connectivity index (χ1v) is 8.72. The molecular weight excluding hydrogens is 372 g/mol. The molecule has 0 bridgehead atoms. The summed E-state index contributed by atoms with van der Waals surface area (Å²) < 4.78 is 3.86. The van der Waals surface area contributed by atoms with Gasteiger partial charge in [0.2, 0.25) is 18.1 Å². The molecule has 2 amide bonds. The molecule has 1 unspecified atom stereocenters. The molecule has 1 fully saturated rings. The highest BCUT2D eigenvalue weighted by atomic mass is 32.2. The Kier molecular flexibility index (Phi) is 4.85. The van der Waals surface area contributed by atoms with Gasteiger partial charge in [-0.15, -0.1) is 11.8 Å². The van der Waals surface area contributed by atoms with Gasteiger partial charge in [-0.3, -0.25) is 9.59 Å². The highest BCUT2D eigenvalue weighted by Gasteiger charge is 2.48. The first-order valence-electron chi connectivity index (χ1n) is 6.90. The maximum absolute atomic E-state index is 12.5. The zero-order valence-corrected chi connectivity index (χ0v) is 14.1. The molecule has 0 aliphatic carbocycles. The van der Waals surface area contributed by atoms with Gasteiger partial charge in [0.1, 0.15) is 11.4 Å². The number of nitrogens with one attached hydrogen (secondary N) is 1. The topological polar surface area (TPSA) is 160 Å². The summed E-state index contributed by atoms with van der Waals surface area (Å²) in [5.74, 6) is -1.64. The van der Waals surface area contributed by atoms with Gasteiger partial charge in [0.05, 0.1) is 0 Å². The van der Waals surface area contributed by atoms with Crippen LogP contribution >= 0.6 is 23.3 Å². The number of anilines is 1. The summed E-state index contributed by atoms with van der Waals surface area (Å²) in [6, 6.07) is -0.719. The van der Waals surface area contributed by atoms with Crippen molar-refractivity contribution < 1.29 is 24.3 Å². The Morgan fingerprint density at radius 1 is 1.56 bits per heavy atom. The van der Waals surface area contributed by atoms with Gasteiger partial charge in [-0.1, -0.05) is 11.2 Å². The molecule has 0 aromatic carbocycles. The van der Waals surface area contributed by atoms with E-state index in [9.17, 15) is 14.4 Å². The third-order valence-corrected chi connectivity index (χ3v) is 4.98. The fourth-order valence-corrected chi connectivity index (χ4v) is 3.68. The molecule has 132 valence electrons. The Labute approximate surface area is 149 Å². The van der Waals surface area contributed by atoms with Crippen LogP contribution in [0.3, 0.4) is 0 Å². The van der Waals surface area contributed by atoms with Crippen molar-refractivity contribution in [2.45, 2.75) is 11.4 Å². The number of carbonyl (C=O) groups is 3. The number of aromatic nitrogens is 2. The standard InChI is InChI=1S/C12H12N6O5S2/c13-12-15-8(17-25-12)6(16-23-4-5(19)20)9(21)14-7-10(22)18-2-1-3-24-11(7)18/h1-2,7,11H,3-4H2,(H,14,21)(H,19,20)(H2,13,15,17)/t7?,11-/m0/s1. The number of carboxylic acids is 1. The molecule has 1 aromatic rings. The van der Waals surface area contributed by atoms with E-state index >= 15 is 0 Å². The molecule has 25 heavy (non-hydrogen) atoms. The lowest BCUT2D eigenvalue weighted by atomic mass is 10.1. The summed E-state index contributed by atoms with van der Waals surface area (Å²) in [5.41, 5.74) is 5.14. The van der Waals surface area contributed by atoms with Gasteiger partial charge in [0.25, 0.3) is 11.8 Å². The number of hydrogen-bond donors (Lipinski definition) is 3. The van der Waals surface area contributed by atoms with Crippen molar-refractivity contribution in [2.24, 2.45) is 5.16 Å². The lowest BCUT2D eigenvalue weighted by Gasteiger charge is -2.46. The van der Waals surface area contributed by atoms with Crippen molar-refractivity contribution in [3.63, 3.8) is 0 Å². The summed E-state index contributed by atoms with van der Waals surface area (Å²) in [5, 5.41) is 14.5. The molecule has 2 aliphatic rings. The van der Waals surface area contributed by atoms with E-state index in [1.54, 1.807) is 6.20 Å². The Morgan fingerprint density at radius 2 is 2.36 bits per heavy atom. The lowest BCUT2D eigenvalue weighted by Crippen LogP contribution is -2.68. The van der Waals surface area contributed by atoms with Crippen LogP contribution in [0, 0.1) is 0 Å². The molecule has 3 heterocycles. The minimum Gasteiger partial charge on any atom is -0.479 e. The van der Waals surface area contributed by atoms with E-state index in [-0.39, 0.29) is 27.9 Å². The number of aliphatic carboxylic acids is 1. The van der Waals surface area contributed by atoms with Crippen LogP contribution < -0.4 is 11.1 Å². The van der Waals surface area contributed by atoms with Crippen molar-refractivity contribution in [1.29, 1.82) is 0 Å². The molecule has 13 heteroatoms. The fourth-order valence-electron chi connectivity index (χ4n) is 2.14. The van der Waals surface area contributed by atoms with E-state index in [4.69, 9.17) is 10.8 Å². The Morgan fingerprint density at radius 3 is 3.04 bits per heavy atom. The largest absolute Gasteiger partial charge is 0.479 e. The van der Waals surface area contributed by atoms with Gasteiger partial charge in [-0.05, 0) is 0 Å². The third kappa shape index (κ3) is 3.56. The third-order valence-electron chi connectivity index (χ3n) is 3.21. The molecule has 0 saturated carbocycles. The van der Waals surface area contributed by atoms with Crippen LogP contribution in [0.15, 0.2) is 17.4 Å². The highest BCUT2D eigenvalue weighted by molar-refractivity contribution is 8.00. The predicted molar refractivity (Wildman–Crippen MR) is 88.6 cm³/mol. The number of nitrogens with two attached hydrogens (primary N) is 1. The van der Waals surface area contributed by atoms with Crippen LogP contribution in [0.2, 0.25) is 0 Å². The minimum atomic E-state index is -1.26. The van der Waals surface area contributed by atoms with Gasteiger partial charge in [-0.25, -0.2) is 4.79 Å². The van der Waals surface area contributed by atoms with Crippen LogP contribution in [0.1, 0.15) is 5.82 Å². The number of hydrogen-bond acceptors (Lipinski definition) is 10. The Balaban J connectivity index is 1.74. The number of oxime groups is 1. The predicted octanol–water partition coefficient (Wildman–Crippen LogP) is -1.16. The quantitative estimate of drug-likeness (QED) is 0.312. The SMILES string of the molecule is Nc1nc(C(=NOCC(=O)O)C(=O)NC2C(=O)N3C=CCS[C@@H]23)ns1. The molecule has 2 aliphatic heterocycles. The van der Waals surface area contributed by atoms with Gasteiger partial charge in [0.15, 0.2) is 5.13 Å². The molecule has 3 rings (SSSR count). The van der Waals surface area contributed by atoms with Crippen LogP contribution in [-0.4, -0.2) is 66.6 Å². The number of rotatable bonds is 6. The average Bonchev–Trinajstić information content (AvgIpc) is 3.01. The molecule has 0 radical (unpaired) electrons. The van der Waals surface area contributed by atoms with Gasteiger partial charge >= 0.3 is 5.97 Å². The molecule has 1 aromatic heterocycles. The molecule has 2 atom stereocenters. The van der Waals surface area contributed by atoms with Crippen LogP contribution in [-0.2, 0) is 19.2 Å². The average molecular weight is 384 g/mol. The number of nitrogens with zero attached hydrogens (tertiary/aromatic N) is 4. The van der Waals surface area contributed by atoms with E-state index in [1.165, 1.54) is 16.7 Å². The van der Waals surface area contributed by atoms with E-state index in [1.807, 2.05) is 6.08 Å². The number of carboxylic acid groups (broad SMARTS) is 1. The summed E-state index contributed by atoms with van der Waals surface area (Å²) >= 11 is 2.35. The van der Waals surface area contributed by atoms with Crippen LogP contribution in [0.25, 0.3) is 0 Å². The molecular formula is C12H12N6O5S2. The summed E-state index contributed by atoms with van der Waals surface area (Å²) in [4.78, 5) is 45.0. The fraction of sp³-hybridized carbons (Fsp3) is 0.333. The van der Waals surface area contributed by atoms with Gasteiger partial charge in [-0.2, -0.15) is 9.36 Å². The number of nitrogen functional groups attached to an aromatic ring is 1.